The van der Waals surface area contributed by atoms with E-state index in [4.69, 9.17) is 25.1 Å². The zero-order valence-corrected chi connectivity index (χ0v) is 23.6. The molecule has 0 aliphatic heterocycles. The highest BCUT2D eigenvalue weighted by Crippen LogP contribution is 1.76. The molecule has 16 nitrogen and oxygen atoms in total. The van der Waals surface area contributed by atoms with Gasteiger partial charge in [0.1, 0.15) is 0 Å². The van der Waals surface area contributed by atoms with E-state index in [9.17, 15) is 0 Å². The zero-order valence-electron chi connectivity index (χ0n) is 23.6. The van der Waals surface area contributed by atoms with Crippen molar-refractivity contribution in [1.82, 2.24) is 47.8 Å². The highest BCUT2D eigenvalue weighted by Gasteiger charge is 2.03. The molecule has 0 aliphatic rings. The molecule has 40 heavy (non-hydrogen) atoms. The minimum Gasteiger partial charge on any atom is -0.402 e. The van der Waals surface area contributed by atoms with Crippen LogP contribution in [0.2, 0.25) is 0 Å². The number of nitrogens with zero attached hydrogens (tertiary/aromatic N) is 10. The van der Waals surface area contributed by atoms with E-state index in [1.54, 1.807) is 69.5 Å². The van der Waals surface area contributed by atoms with E-state index in [0.717, 1.165) is 0 Å². The van der Waals surface area contributed by atoms with Gasteiger partial charge in [0, 0.05) is 104 Å². The van der Waals surface area contributed by atoms with E-state index in [-0.39, 0.29) is 0 Å². The van der Waals surface area contributed by atoms with Crippen LogP contribution >= 0.6 is 0 Å². The fourth-order valence-corrected chi connectivity index (χ4v) is 1.78. The Morgan fingerprint density at radius 3 is 0.725 bits per heavy atom. The van der Waals surface area contributed by atoms with Crippen LogP contribution < -0.4 is 0 Å². The summed E-state index contributed by atoms with van der Waals surface area (Å²) in [6.07, 6.45) is 26.9. The molecule has 220 valence electrons. The molecule has 5 rings (SSSR count). The summed E-state index contributed by atoms with van der Waals surface area (Å²) in [6, 6.07) is 0. The molecule has 0 saturated heterocycles. The smallest absolute Gasteiger partial charge is 0.402 e. The molecule has 5 N–H and O–H groups in total. The number of aryl methyl sites for hydroxylation is 5. The normalized spacial score (nSPS) is 8.57. The molecule has 0 fully saturated rings. The van der Waals surface area contributed by atoms with E-state index in [1.165, 1.54) is 0 Å². The van der Waals surface area contributed by atoms with E-state index in [2.05, 4.69) is 29.6 Å². The molecule has 0 atom stereocenters. The summed E-state index contributed by atoms with van der Waals surface area (Å²) in [5.74, 6) is 0. The van der Waals surface area contributed by atoms with Crippen molar-refractivity contribution in [3.8, 4) is 0 Å². The van der Waals surface area contributed by atoms with Crippen molar-refractivity contribution in [2.45, 2.75) is 6.92 Å². The predicted molar refractivity (Wildman–Crippen MR) is 150 cm³/mol. The highest BCUT2D eigenvalue weighted by molar-refractivity contribution is 6.32. The molecule has 0 spiro atoms. The Hall–Kier alpha value is -4.06. The van der Waals surface area contributed by atoms with E-state index >= 15 is 0 Å². The maximum Gasteiger partial charge on any atom is 0.633 e. The third-order valence-electron chi connectivity index (χ3n) is 3.50. The van der Waals surface area contributed by atoms with Crippen LogP contribution in [-0.4, -0.2) is 94.1 Å². The lowest BCUT2D eigenvalue weighted by Gasteiger charge is -1.91. The first-order valence-electron chi connectivity index (χ1n) is 11.6. The molecule has 0 unspecified atom stereocenters. The predicted octanol–water partition coefficient (Wildman–Crippen LogP) is -0.959. The second kappa shape index (κ2) is 26.5. The van der Waals surface area contributed by atoms with Gasteiger partial charge in [0.2, 0.25) is 0 Å². The number of imidazole rings is 5. The summed E-state index contributed by atoms with van der Waals surface area (Å²) in [4.78, 5) is 18.9. The van der Waals surface area contributed by atoms with Crippen LogP contribution in [0.4, 0.5) is 0 Å². The van der Waals surface area contributed by atoms with Gasteiger partial charge in [-0.05, 0) is 6.92 Å². The quantitative estimate of drug-likeness (QED) is 0.166. The van der Waals surface area contributed by atoms with Crippen LogP contribution in [0.3, 0.4) is 0 Å². The van der Waals surface area contributed by atoms with Crippen LogP contribution in [0.1, 0.15) is 6.92 Å². The molecule has 5 aromatic rings. The van der Waals surface area contributed by atoms with Crippen LogP contribution in [0, 0.1) is 0 Å². The molecular formula is C22H40B2N10O6. The van der Waals surface area contributed by atoms with Gasteiger partial charge in [-0.25, -0.2) is 24.9 Å². The summed E-state index contributed by atoms with van der Waals surface area (Å²) in [5, 5.41) is 37.3. The van der Waals surface area contributed by atoms with Gasteiger partial charge in [0.05, 0.1) is 31.6 Å². The lowest BCUT2D eigenvalue weighted by atomic mass is 10.3. The first kappa shape index (κ1) is 38.1. The monoisotopic (exact) mass is 562 g/mol. The Kier molecular flexibility index (Phi) is 25.3. The van der Waals surface area contributed by atoms with Gasteiger partial charge in [0.25, 0.3) is 0 Å². The van der Waals surface area contributed by atoms with Crippen molar-refractivity contribution in [2.75, 3.05) is 6.61 Å². The van der Waals surface area contributed by atoms with Crippen molar-refractivity contribution in [2.24, 2.45) is 35.2 Å². The van der Waals surface area contributed by atoms with E-state index in [0.29, 0.717) is 6.61 Å². The summed E-state index contributed by atoms with van der Waals surface area (Å²) < 4.78 is 13.6. The van der Waals surface area contributed by atoms with Gasteiger partial charge in [-0.2, -0.15) is 0 Å². The van der Waals surface area contributed by atoms with Crippen molar-refractivity contribution in [1.29, 1.82) is 0 Å². The Labute approximate surface area is 234 Å². The average molecular weight is 562 g/mol. The Balaban J connectivity index is 0. The molecule has 18 heteroatoms. The summed E-state index contributed by atoms with van der Waals surface area (Å²) in [7, 11) is 5.92. The fourth-order valence-electron chi connectivity index (χ4n) is 1.78. The second-order valence-electron chi connectivity index (χ2n) is 7.27. The highest BCUT2D eigenvalue weighted by atomic mass is 16.6. The Morgan fingerprint density at radius 1 is 0.500 bits per heavy atom. The Morgan fingerprint density at radius 2 is 0.700 bits per heavy atom. The lowest BCUT2D eigenvalue weighted by Crippen LogP contribution is -2.15. The van der Waals surface area contributed by atoms with Crippen molar-refractivity contribution < 1.29 is 29.8 Å². The molecule has 5 aromatic heterocycles. The molecule has 0 amide bonds. The maximum atomic E-state index is 7.89. The molecule has 0 bridgehead atoms. The molecule has 5 heterocycles. The maximum absolute atomic E-state index is 7.89. The zero-order chi connectivity index (χ0) is 30.6. The third kappa shape index (κ3) is 32.0. The van der Waals surface area contributed by atoms with Gasteiger partial charge in [0.15, 0.2) is 0 Å². The topological polar surface area (TPSA) is 199 Å². The van der Waals surface area contributed by atoms with Gasteiger partial charge in [-0.3, -0.25) is 0 Å². The Bertz CT molecular complexity index is 888. The number of hydrogen-bond donors (Lipinski definition) is 5. The first-order valence-corrected chi connectivity index (χ1v) is 11.6. The largest absolute Gasteiger partial charge is 0.633 e. The summed E-state index contributed by atoms with van der Waals surface area (Å²) in [5.41, 5.74) is 0. The second-order valence-corrected chi connectivity index (χ2v) is 7.27. The van der Waals surface area contributed by atoms with Crippen molar-refractivity contribution in [3.05, 3.63) is 93.6 Å². The lowest BCUT2D eigenvalue weighted by molar-refractivity contribution is 0.196. The molecule has 0 saturated carbocycles. The van der Waals surface area contributed by atoms with Crippen LogP contribution in [0.5, 0.6) is 0 Å². The van der Waals surface area contributed by atoms with Crippen LogP contribution in [0.25, 0.3) is 0 Å². The van der Waals surface area contributed by atoms with E-state index in [1.807, 2.05) is 89.1 Å². The van der Waals surface area contributed by atoms with Gasteiger partial charge in [-0.1, -0.05) is 0 Å². The molecule has 0 aromatic carbocycles. The van der Waals surface area contributed by atoms with Crippen molar-refractivity contribution in [3.63, 3.8) is 0 Å². The van der Waals surface area contributed by atoms with Crippen LogP contribution in [-0.2, 0) is 39.9 Å². The van der Waals surface area contributed by atoms with Gasteiger partial charge in [-0.15, -0.1) is 0 Å². The molecule has 0 aliphatic carbocycles. The fraction of sp³-hybridized carbons (Fsp3) is 0.318. The number of hydrogen-bond acceptors (Lipinski definition) is 11. The first-order chi connectivity index (χ1) is 19.0. The minimum atomic E-state index is -2.17. The molecular weight excluding hydrogens is 522 g/mol. The minimum absolute atomic E-state index is 0.331. The van der Waals surface area contributed by atoms with Crippen LogP contribution in [0.15, 0.2) is 93.6 Å². The summed E-state index contributed by atoms with van der Waals surface area (Å²) in [6.45, 7) is 2.01. The third-order valence-corrected chi connectivity index (χ3v) is 3.50. The standard InChI is InChI=1S/5C4H6N2.C2H7BO3.BH3O3/c5*1-6-3-2-5-4-6;1-2-6-3(4)5;2-1(3)4/h5*2-4H,1H3;4-5H,2H2,1H3;2-4H. The number of rotatable bonds is 2. The van der Waals surface area contributed by atoms with Gasteiger partial charge < -0.3 is 52.6 Å². The molecule has 0 radical (unpaired) electrons. The average Bonchev–Trinajstić information content (AvgIpc) is 3.69. The van der Waals surface area contributed by atoms with Gasteiger partial charge >= 0.3 is 14.6 Å². The van der Waals surface area contributed by atoms with Crippen molar-refractivity contribution >= 4 is 14.6 Å². The summed E-state index contributed by atoms with van der Waals surface area (Å²) >= 11 is 0. The SMILES string of the molecule is CCOB(O)O.Cn1ccnc1.Cn1ccnc1.Cn1ccnc1.Cn1ccnc1.Cn1ccnc1.OB(O)O. The number of aromatic nitrogens is 10. The van der Waals surface area contributed by atoms with E-state index < -0.39 is 14.6 Å².